The van der Waals surface area contributed by atoms with Gasteiger partial charge in [-0.1, -0.05) is 13.8 Å². The Morgan fingerprint density at radius 1 is 1.39 bits per heavy atom. The fourth-order valence-electron chi connectivity index (χ4n) is 2.90. The number of fused-ring (bicyclic) bond motifs is 3. The monoisotopic (exact) mass is 245 g/mol. The van der Waals surface area contributed by atoms with Gasteiger partial charge in [0.1, 0.15) is 0 Å². The molecule has 18 heavy (non-hydrogen) atoms. The van der Waals surface area contributed by atoms with Crippen LogP contribution in [0.5, 0.6) is 0 Å². The van der Waals surface area contributed by atoms with Crippen LogP contribution in [0.15, 0.2) is 17.1 Å². The van der Waals surface area contributed by atoms with E-state index in [-0.39, 0.29) is 17.0 Å². The third-order valence-corrected chi connectivity index (χ3v) is 3.70. The highest BCUT2D eigenvalue weighted by Gasteiger charge is 2.30. The van der Waals surface area contributed by atoms with Crippen LogP contribution in [0.1, 0.15) is 39.4 Å². The molecule has 0 fully saturated rings. The van der Waals surface area contributed by atoms with Crippen molar-refractivity contribution in [1.29, 1.82) is 0 Å². The third-order valence-electron chi connectivity index (χ3n) is 3.70. The minimum atomic E-state index is 0.0298. The summed E-state index contributed by atoms with van der Waals surface area (Å²) in [4.78, 5) is 12.3. The smallest absolute Gasteiger partial charge is 0.276 e. The lowest BCUT2D eigenvalue weighted by molar-refractivity contribution is 0.362. The molecule has 1 aliphatic rings. The van der Waals surface area contributed by atoms with Crippen LogP contribution in [-0.2, 0) is 13.0 Å². The van der Waals surface area contributed by atoms with Gasteiger partial charge in [0.05, 0.1) is 23.1 Å². The Bertz CT molecular complexity index is 676. The topological polar surface area (TPSA) is 39.8 Å². The van der Waals surface area contributed by atoms with E-state index in [0.29, 0.717) is 0 Å². The molecule has 0 atom stereocenters. The van der Waals surface area contributed by atoms with E-state index in [1.807, 2.05) is 26.1 Å². The molecule has 0 radical (unpaired) electrons. The molecule has 96 valence electrons. The lowest BCUT2D eigenvalue weighted by Gasteiger charge is -2.15. The molecular weight excluding hydrogens is 226 g/mol. The largest absolute Gasteiger partial charge is 0.343 e. The standard InChI is InChI=1S/C14H19N3O/c1-9(2)17-13(18)11-5-10-6-14(3,4)8-16(10)12(11)7-15-17/h5,7,9H,6,8H2,1-4H3. The Morgan fingerprint density at radius 3 is 2.78 bits per heavy atom. The van der Waals surface area contributed by atoms with Crippen molar-refractivity contribution in [1.82, 2.24) is 14.3 Å². The van der Waals surface area contributed by atoms with E-state index in [0.717, 1.165) is 23.9 Å². The number of hydrogen-bond acceptors (Lipinski definition) is 2. The second kappa shape index (κ2) is 3.46. The highest BCUT2D eigenvalue weighted by molar-refractivity contribution is 5.80. The summed E-state index contributed by atoms with van der Waals surface area (Å²) in [6.45, 7) is 9.45. The van der Waals surface area contributed by atoms with Crippen LogP contribution in [0, 0.1) is 5.41 Å². The molecule has 0 bridgehead atoms. The zero-order valence-corrected chi connectivity index (χ0v) is 11.4. The van der Waals surface area contributed by atoms with E-state index in [1.165, 1.54) is 5.69 Å². The molecule has 3 rings (SSSR count). The minimum absolute atomic E-state index is 0.0298. The Labute approximate surface area is 106 Å². The van der Waals surface area contributed by atoms with Crippen LogP contribution in [-0.4, -0.2) is 14.3 Å². The maximum absolute atomic E-state index is 12.3. The zero-order valence-electron chi connectivity index (χ0n) is 11.4. The van der Waals surface area contributed by atoms with Crippen LogP contribution in [0.2, 0.25) is 0 Å². The van der Waals surface area contributed by atoms with Gasteiger partial charge in [0.25, 0.3) is 5.56 Å². The van der Waals surface area contributed by atoms with Gasteiger partial charge >= 0.3 is 0 Å². The van der Waals surface area contributed by atoms with Crippen LogP contribution < -0.4 is 5.56 Å². The molecular formula is C14H19N3O. The average Bonchev–Trinajstić information content (AvgIpc) is 2.71. The fraction of sp³-hybridized carbons (Fsp3) is 0.571. The number of hydrogen-bond donors (Lipinski definition) is 0. The van der Waals surface area contributed by atoms with Gasteiger partial charge in [0.2, 0.25) is 0 Å². The van der Waals surface area contributed by atoms with Gasteiger partial charge < -0.3 is 4.57 Å². The average molecular weight is 245 g/mol. The molecule has 0 N–H and O–H groups in total. The fourth-order valence-corrected chi connectivity index (χ4v) is 2.90. The maximum atomic E-state index is 12.3. The van der Waals surface area contributed by atoms with Gasteiger partial charge in [-0.25, -0.2) is 4.68 Å². The van der Waals surface area contributed by atoms with Gasteiger partial charge in [-0.15, -0.1) is 0 Å². The Morgan fingerprint density at radius 2 is 2.11 bits per heavy atom. The second-order valence-electron chi connectivity index (χ2n) is 6.35. The lowest BCUT2D eigenvalue weighted by atomic mass is 9.91. The van der Waals surface area contributed by atoms with E-state index >= 15 is 0 Å². The van der Waals surface area contributed by atoms with Gasteiger partial charge in [-0.3, -0.25) is 4.79 Å². The van der Waals surface area contributed by atoms with Gasteiger partial charge in [0.15, 0.2) is 0 Å². The second-order valence-corrected chi connectivity index (χ2v) is 6.35. The maximum Gasteiger partial charge on any atom is 0.276 e. The van der Waals surface area contributed by atoms with E-state index in [1.54, 1.807) is 4.68 Å². The van der Waals surface area contributed by atoms with Crippen molar-refractivity contribution in [3.8, 4) is 0 Å². The van der Waals surface area contributed by atoms with Crippen molar-refractivity contribution >= 4 is 10.9 Å². The Balaban J connectivity index is 2.25. The first-order valence-corrected chi connectivity index (χ1v) is 6.49. The number of aromatic nitrogens is 3. The molecule has 0 spiro atoms. The first-order chi connectivity index (χ1) is 8.39. The first kappa shape index (κ1) is 11.5. The Hall–Kier alpha value is -1.58. The summed E-state index contributed by atoms with van der Waals surface area (Å²) in [5, 5.41) is 5.10. The molecule has 3 heterocycles. The molecule has 0 aromatic carbocycles. The molecule has 2 aromatic heterocycles. The van der Waals surface area contributed by atoms with Crippen LogP contribution in [0.4, 0.5) is 0 Å². The molecule has 0 amide bonds. The quantitative estimate of drug-likeness (QED) is 0.773. The molecule has 0 aliphatic carbocycles. The zero-order chi connectivity index (χ0) is 13.1. The van der Waals surface area contributed by atoms with Crippen molar-refractivity contribution in [3.05, 3.63) is 28.3 Å². The van der Waals surface area contributed by atoms with Gasteiger partial charge in [0, 0.05) is 12.2 Å². The molecule has 1 aliphatic heterocycles. The summed E-state index contributed by atoms with van der Waals surface area (Å²) in [6.07, 6.45) is 2.87. The molecule has 4 heteroatoms. The van der Waals surface area contributed by atoms with Crippen LogP contribution in [0.3, 0.4) is 0 Å². The molecule has 2 aromatic rings. The predicted octanol–water partition coefficient (Wildman–Crippen LogP) is 2.36. The van der Waals surface area contributed by atoms with Crippen LogP contribution in [0.25, 0.3) is 10.9 Å². The van der Waals surface area contributed by atoms with E-state index in [4.69, 9.17) is 0 Å². The van der Waals surface area contributed by atoms with Crippen molar-refractivity contribution in [2.75, 3.05) is 0 Å². The molecule has 0 saturated carbocycles. The van der Waals surface area contributed by atoms with Crippen molar-refractivity contribution in [2.45, 2.75) is 46.7 Å². The predicted molar refractivity (Wildman–Crippen MR) is 71.9 cm³/mol. The van der Waals surface area contributed by atoms with Crippen molar-refractivity contribution in [2.24, 2.45) is 5.41 Å². The lowest BCUT2D eigenvalue weighted by Crippen LogP contribution is -2.24. The van der Waals surface area contributed by atoms with Crippen LogP contribution >= 0.6 is 0 Å². The van der Waals surface area contributed by atoms with E-state index in [9.17, 15) is 4.79 Å². The molecule has 0 unspecified atom stereocenters. The highest BCUT2D eigenvalue weighted by Crippen LogP contribution is 2.35. The normalized spacial score (nSPS) is 17.6. The Kier molecular flexibility index (Phi) is 2.22. The first-order valence-electron chi connectivity index (χ1n) is 6.49. The molecule has 0 saturated heterocycles. The molecule has 4 nitrogen and oxygen atoms in total. The summed E-state index contributed by atoms with van der Waals surface area (Å²) >= 11 is 0. The summed E-state index contributed by atoms with van der Waals surface area (Å²) in [7, 11) is 0. The third kappa shape index (κ3) is 1.51. The summed E-state index contributed by atoms with van der Waals surface area (Å²) in [5.41, 5.74) is 2.56. The summed E-state index contributed by atoms with van der Waals surface area (Å²) in [6, 6.07) is 2.15. The minimum Gasteiger partial charge on any atom is -0.343 e. The van der Waals surface area contributed by atoms with Gasteiger partial charge in [-0.05, 0) is 31.7 Å². The highest BCUT2D eigenvalue weighted by atomic mass is 16.1. The number of nitrogens with zero attached hydrogens (tertiary/aromatic N) is 3. The summed E-state index contributed by atoms with van der Waals surface area (Å²) < 4.78 is 3.80. The SMILES string of the molecule is CC(C)n1ncc2c(cc3n2CC(C)(C)C3)c1=O. The van der Waals surface area contributed by atoms with E-state index in [2.05, 4.69) is 23.5 Å². The van der Waals surface area contributed by atoms with Crippen molar-refractivity contribution in [3.63, 3.8) is 0 Å². The van der Waals surface area contributed by atoms with Crippen molar-refractivity contribution < 1.29 is 0 Å². The van der Waals surface area contributed by atoms with Gasteiger partial charge in [-0.2, -0.15) is 5.10 Å². The van der Waals surface area contributed by atoms with E-state index < -0.39 is 0 Å². The number of rotatable bonds is 1. The summed E-state index contributed by atoms with van der Waals surface area (Å²) in [5.74, 6) is 0.